The van der Waals surface area contributed by atoms with Gasteiger partial charge in [0.2, 0.25) is 0 Å². The molecular weight excluding hydrogens is 254 g/mol. The Hall–Kier alpha value is -2.07. The van der Waals surface area contributed by atoms with Crippen molar-refractivity contribution in [1.29, 1.82) is 0 Å². The fraction of sp³-hybridized carbons (Fsp3) is 0.312. The summed E-state index contributed by atoms with van der Waals surface area (Å²) in [5.41, 5.74) is 2.64. The van der Waals surface area contributed by atoms with Crippen molar-refractivity contribution in [1.82, 2.24) is 4.98 Å². The molecule has 0 saturated heterocycles. The normalized spacial score (nSPS) is 10.3. The van der Waals surface area contributed by atoms with Crippen molar-refractivity contribution >= 4 is 0 Å². The number of rotatable bonds is 6. The van der Waals surface area contributed by atoms with Crippen LogP contribution in [0, 0.1) is 6.92 Å². The van der Waals surface area contributed by atoms with Crippen molar-refractivity contribution in [2.75, 3.05) is 6.61 Å². The lowest BCUT2D eigenvalue weighted by atomic mass is 10.2. The number of benzene rings is 1. The summed E-state index contributed by atoms with van der Waals surface area (Å²) in [6, 6.07) is 11.3. The first kappa shape index (κ1) is 14.3. The smallest absolute Gasteiger partial charge is 0.161 e. The van der Waals surface area contributed by atoms with Crippen molar-refractivity contribution in [3.05, 3.63) is 53.3 Å². The van der Waals surface area contributed by atoms with Crippen molar-refractivity contribution in [3.63, 3.8) is 0 Å². The van der Waals surface area contributed by atoms with E-state index < -0.39 is 0 Å². The molecule has 0 radical (unpaired) electrons. The second-order valence-corrected chi connectivity index (χ2v) is 4.43. The first-order valence-corrected chi connectivity index (χ1v) is 6.65. The lowest BCUT2D eigenvalue weighted by Gasteiger charge is -2.12. The van der Waals surface area contributed by atoms with E-state index in [9.17, 15) is 0 Å². The zero-order chi connectivity index (χ0) is 14.4. The maximum Gasteiger partial charge on any atom is 0.161 e. The van der Waals surface area contributed by atoms with Gasteiger partial charge in [-0.3, -0.25) is 4.98 Å². The highest BCUT2D eigenvalue weighted by molar-refractivity contribution is 5.42. The SMILES string of the molecule is CCOc1cc(CO)ccc1OCc1cccc(C)n1. The number of pyridine rings is 1. The van der Waals surface area contributed by atoms with Gasteiger partial charge in [0.25, 0.3) is 0 Å². The molecule has 1 aromatic carbocycles. The average Bonchev–Trinajstić information content (AvgIpc) is 2.46. The molecule has 0 amide bonds. The molecule has 106 valence electrons. The van der Waals surface area contributed by atoms with E-state index in [2.05, 4.69) is 4.98 Å². The molecule has 0 unspecified atom stereocenters. The maximum atomic E-state index is 9.15. The van der Waals surface area contributed by atoms with Gasteiger partial charge in [-0.05, 0) is 43.7 Å². The van der Waals surface area contributed by atoms with E-state index in [-0.39, 0.29) is 6.61 Å². The Kier molecular flexibility index (Phi) is 4.96. The highest BCUT2D eigenvalue weighted by Crippen LogP contribution is 2.29. The molecule has 0 spiro atoms. The van der Waals surface area contributed by atoms with E-state index in [1.165, 1.54) is 0 Å². The predicted molar refractivity (Wildman–Crippen MR) is 76.8 cm³/mol. The minimum Gasteiger partial charge on any atom is -0.490 e. The summed E-state index contributed by atoms with van der Waals surface area (Å²) >= 11 is 0. The van der Waals surface area contributed by atoms with Gasteiger partial charge in [-0.15, -0.1) is 0 Å². The van der Waals surface area contributed by atoms with Gasteiger partial charge in [0.05, 0.1) is 18.9 Å². The van der Waals surface area contributed by atoms with E-state index in [0.29, 0.717) is 24.7 Å². The Bertz CT molecular complexity index is 569. The van der Waals surface area contributed by atoms with Gasteiger partial charge in [0, 0.05) is 5.69 Å². The highest BCUT2D eigenvalue weighted by atomic mass is 16.5. The maximum absolute atomic E-state index is 9.15. The quantitative estimate of drug-likeness (QED) is 0.879. The van der Waals surface area contributed by atoms with Crippen LogP contribution in [-0.4, -0.2) is 16.7 Å². The molecule has 1 heterocycles. The van der Waals surface area contributed by atoms with Crippen molar-refractivity contribution in [3.8, 4) is 11.5 Å². The van der Waals surface area contributed by atoms with Crippen LogP contribution in [0.3, 0.4) is 0 Å². The van der Waals surface area contributed by atoms with E-state index in [4.69, 9.17) is 14.6 Å². The summed E-state index contributed by atoms with van der Waals surface area (Å²) in [6.07, 6.45) is 0. The van der Waals surface area contributed by atoms with Crippen LogP contribution >= 0.6 is 0 Å². The standard InChI is InChI=1S/C16H19NO3/c1-3-19-16-9-13(10-18)7-8-15(16)20-11-14-6-4-5-12(2)17-14/h4-9,18H,3,10-11H2,1-2H3. The third kappa shape index (κ3) is 3.71. The van der Waals surface area contributed by atoms with Gasteiger partial charge in [-0.2, -0.15) is 0 Å². The molecule has 0 bridgehead atoms. The number of nitrogens with zero attached hydrogens (tertiary/aromatic N) is 1. The molecule has 0 fully saturated rings. The number of hydrogen-bond donors (Lipinski definition) is 1. The first-order chi connectivity index (χ1) is 9.72. The number of aliphatic hydroxyl groups is 1. The molecule has 4 heteroatoms. The van der Waals surface area contributed by atoms with Crippen LogP contribution in [0.25, 0.3) is 0 Å². The molecule has 0 saturated carbocycles. The molecule has 2 rings (SSSR count). The average molecular weight is 273 g/mol. The van der Waals surface area contributed by atoms with Gasteiger partial charge >= 0.3 is 0 Å². The second kappa shape index (κ2) is 6.91. The van der Waals surface area contributed by atoms with Crippen molar-refractivity contribution < 1.29 is 14.6 Å². The van der Waals surface area contributed by atoms with Crippen LogP contribution in [0.4, 0.5) is 0 Å². The van der Waals surface area contributed by atoms with Gasteiger partial charge < -0.3 is 14.6 Å². The third-order valence-corrected chi connectivity index (χ3v) is 2.81. The summed E-state index contributed by atoms with van der Waals surface area (Å²) in [7, 11) is 0. The van der Waals surface area contributed by atoms with Crippen LogP contribution in [-0.2, 0) is 13.2 Å². The third-order valence-electron chi connectivity index (χ3n) is 2.81. The van der Waals surface area contributed by atoms with Crippen LogP contribution in [0.15, 0.2) is 36.4 Å². The molecule has 0 aliphatic heterocycles. The molecule has 1 aromatic heterocycles. The molecule has 0 atom stereocenters. The second-order valence-electron chi connectivity index (χ2n) is 4.43. The van der Waals surface area contributed by atoms with E-state index in [1.54, 1.807) is 6.07 Å². The van der Waals surface area contributed by atoms with Crippen molar-refractivity contribution in [2.45, 2.75) is 27.1 Å². The fourth-order valence-corrected chi connectivity index (χ4v) is 1.87. The van der Waals surface area contributed by atoms with Crippen LogP contribution in [0.2, 0.25) is 0 Å². The zero-order valence-corrected chi connectivity index (χ0v) is 11.8. The molecule has 4 nitrogen and oxygen atoms in total. The summed E-state index contributed by atoms with van der Waals surface area (Å²) in [5.74, 6) is 1.30. The minimum atomic E-state index is -0.0141. The van der Waals surface area contributed by atoms with E-state index in [0.717, 1.165) is 17.0 Å². The van der Waals surface area contributed by atoms with E-state index >= 15 is 0 Å². The van der Waals surface area contributed by atoms with Gasteiger partial charge in [0.1, 0.15) is 6.61 Å². The van der Waals surface area contributed by atoms with Crippen LogP contribution in [0.5, 0.6) is 11.5 Å². The molecule has 2 aromatic rings. The number of aryl methyl sites for hydroxylation is 1. The number of hydrogen-bond acceptors (Lipinski definition) is 4. The monoisotopic (exact) mass is 273 g/mol. The largest absolute Gasteiger partial charge is 0.490 e. The summed E-state index contributed by atoms with van der Waals surface area (Å²) in [6.45, 7) is 4.79. The lowest BCUT2D eigenvalue weighted by molar-refractivity contribution is 0.261. The Labute approximate surface area is 119 Å². The Morgan fingerprint density at radius 2 is 1.95 bits per heavy atom. The molecular formula is C16H19NO3. The molecule has 0 aliphatic carbocycles. The van der Waals surface area contributed by atoms with Crippen LogP contribution < -0.4 is 9.47 Å². The fourth-order valence-electron chi connectivity index (χ4n) is 1.87. The summed E-state index contributed by atoms with van der Waals surface area (Å²) in [4.78, 5) is 4.39. The summed E-state index contributed by atoms with van der Waals surface area (Å²) < 4.78 is 11.3. The van der Waals surface area contributed by atoms with Gasteiger partial charge in [-0.1, -0.05) is 12.1 Å². The Balaban J connectivity index is 2.12. The van der Waals surface area contributed by atoms with Gasteiger partial charge in [-0.25, -0.2) is 0 Å². The number of aromatic nitrogens is 1. The van der Waals surface area contributed by atoms with Crippen molar-refractivity contribution in [2.24, 2.45) is 0 Å². The molecule has 20 heavy (non-hydrogen) atoms. The zero-order valence-electron chi connectivity index (χ0n) is 11.8. The topological polar surface area (TPSA) is 51.6 Å². The molecule has 1 N–H and O–H groups in total. The predicted octanol–water partition coefficient (Wildman–Crippen LogP) is 2.86. The van der Waals surface area contributed by atoms with E-state index in [1.807, 2.05) is 44.2 Å². The number of ether oxygens (including phenoxy) is 2. The lowest BCUT2D eigenvalue weighted by Crippen LogP contribution is -2.02. The first-order valence-electron chi connectivity index (χ1n) is 6.65. The summed E-state index contributed by atoms with van der Waals surface area (Å²) in [5, 5.41) is 9.15. The Morgan fingerprint density at radius 3 is 2.65 bits per heavy atom. The Morgan fingerprint density at radius 1 is 1.10 bits per heavy atom. The number of aliphatic hydroxyl groups excluding tert-OH is 1. The highest BCUT2D eigenvalue weighted by Gasteiger charge is 2.07. The van der Waals surface area contributed by atoms with Gasteiger partial charge in [0.15, 0.2) is 11.5 Å². The van der Waals surface area contributed by atoms with Crippen LogP contribution in [0.1, 0.15) is 23.9 Å². The minimum absolute atomic E-state index is 0.0141. The molecule has 0 aliphatic rings.